The van der Waals surface area contributed by atoms with Crippen molar-refractivity contribution in [3.8, 4) is 0 Å². The summed E-state index contributed by atoms with van der Waals surface area (Å²) in [4.78, 5) is 3.53. The van der Waals surface area contributed by atoms with Gasteiger partial charge in [0, 0.05) is 30.6 Å². The zero-order chi connectivity index (χ0) is 15.6. The highest BCUT2D eigenvalue weighted by Crippen LogP contribution is 2.34. The van der Waals surface area contributed by atoms with E-state index in [4.69, 9.17) is 0 Å². The molecule has 0 saturated carbocycles. The Labute approximate surface area is 139 Å². The Morgan fingerprint density at radius 1 is 1.52 bits per heavy atom. The summed E-state index contributed by atoms with van der Waals surface area (Å²) in [5, 5.41) is 3.05. The Morgan fingerprint density at radius 3 is 2.86 bits per heavy atom. The van der Waals surface area contributed by atoms with Crippen LogP contribution in [0, 0.1) is 0 Å². The van der Waals surface area contributed by atoms with Gasteiger partial charge in [0.1, 0.15) is 4.90 Å². The van der Waals surface area contributed by atoms with Crippen molar-refractivity contribution in [2.75, 3.05) is 34.2 Å². The van der Waals surface area contributed by atoms with E-state index in [0.29, 0.717) is 34.4 Å². The molecule has 0 aromatic carbocycles. The number of nitrogens with one attached hydrogen (secondary N) is 1. The molecule has 5 nitrogen and oxygen atoms in total. The SMILES string of the molecule is CNCc1cc(S(=O)(=O)N2CCCC(N(C)C)C2)c(Br)s1. The lowest BCUT2D eigenvalue weighted by Crippen LogP contribution is -2.47. The minimum absolute atomic E-state index is 0.294. The number of hydrogen-bond acceptors (Lipinski definition) is 5. The number of halogens is 1. The lowest BCUT2D eigenvalue weighted by atomic mass is 10.1. The molecule has 0 bridgehead atoms. The third kappa shape index (κ3) is 3.86. The number of hydrogen-bond donors (Lipinski definition) is 1. The second-order valence-corrected chi connectivity index (χ2v) is 9.86. The largest absolute Gasteiger partial charge is 0.315 e. The summed E-state index contributed by atoms with van der Waals surface area (Å²) in [6.45, 7) is 1.86. The fraction of sp³-hybridized carbons (Fsp3) is 0.692. The highest BCUT2D eigenvalue weighted by atomic mass is 79.9. The second kappa shape index (κ2) is 7.06. The van der Waals surface area contributed by atoms with Crippen molar-refractivity contribution in [2.24, 2.45) is 0 Å². The molecular weight excluding hydrogens is 374 g/mol. The molecule has 0 amide bonds. The number of piperidine rings is 1. The molecule has 1 unspecified atom stereocenters. The number of nitrogens with zero attached hydrogens (tertiary/aromatic N) is 2. The number of rotatable bonds is 5. The van der Waals surface area contributed by atoms with Crippen LogP contribution in [0.25, 0.3) is 0 Å². The Kier molecular flexibility index (Phi) is 5.84. The predicted molar refractivity (Wildman–Crippen MR) is 90.3 cm³/mol. The maximum absolute atomic E-state index is 12.9. The van der Waals surface area contributed by atoms with E-state index in [0.717, 1.165) is 17.7 Å². The van der Waals surface area contributed by atoms with Gasteiger partial charge in [0.2, 0.25) is 10.0 Å². The normalized spacial score (nSPS) is 21.1. The van der Waals surface area contributed by atoms with E-state index >= 15 is 0 Å². The number of likely N-dealkylation sites (N-methyl/N-ethyl adjacent to an activating group) is 1. The first kappa shape index (κ1) is 17.4. The summed E-state index contributed by atoms with van der Waals surface area (Å²) >= 11 is 4.88. The van der Waals surface area contributed by atoms with E-state index in [9.17, 15) is 8.42 Å². The van der Waals surface area contributed by atoms with Crippen molar-refractivity contribution < 1.29 is 8.42 Å². The summed E-state index contributed by atoms with van der Waals surface area (Å²) in [7, 11) is 2.45. The maximum atomic E-state index is 12.9. The zero-order valence-electron chi connectivity index (χ0n) is 12.6. The molecular formula is C13H22BrN3O2S2. The molecule has 120 valence electrons. The average Bonchev–Trinajstić information content (AvgIpc) is 2.81. The van der Waals surface area contributed by atoms with Crippen molar-refractivity contribution in [2.45, 2.75) is 30.3 Å². The molecule has 1 atom stereocenters. The van der Waals surface area contributed by atoms with Crippen LogP contribution in [0.2, 0.25) is 0 Å². The molecule has 2 heterocycles. The van der Waals surface area contributed by atoms with Gasteiger partial charge in [-0.3, -0.25) is 0 Å². The van der Waals surface area contributed by atoms with E-state index in [1.165, 1.54) is 11.3 Å². The first-order valence-corrected chi connectivity index (χ1v) is 10.0. The van der Waals surface area contributed by atoms with Crippen molar-refractivity contribution in [1.82, 2.24) is 14.5 Å². The van der Waals surface area contributed by atoms with Gasteiger partial charge in [0.15, 0.2) is 0 Å². The second-order valence-electron chi connectivity index (χ2n) is 5.50. The maximum Gasteiger partial charge on any atom is 0.245 e. The van der Waals surface area contributed by atoms with Crippen LogP contribution in [0.3, 0.4) is 0 Å². The Balaban J connectivity index is 2.25. The van der Waals surface area contributed by atoms with Crippen molar-refractivity contribution >= 4 is 37.3 Å². The first-order valence-electron chi connectivity index (χ1n) is 6.95. The molecule has 21 heavy (non-hydrogen) atoms. The molecule has 1 saturated heterocycles. The molecule has 8 heteroatoms. The molecule has 1 aliphatic heterocycles. The van der Waals surface area contributed by atoms with Crippen LogP contribution in [0.4, 0.5) is 0 Å². The molecule has 1 fully saturated rings. The predicted octanol–water partition coefficient (Wildman–Crippen LogP) is 1.94. The molecule has 1 aliphatic rings. The van der Waals surface area contributed by atoms with E-state index in [-0.39, 0.29) is 0 Å². The van der Waals surface area contributed by atoms with E-state index in [1.54, 1.807) is 10.4 Å². The van der Waals surface area contributed by atoms with Gasteiger partial charge < -0.3 is 10.2 Å². The van der Waals surface area contributed by atoms with Gasteiger partial charge in [0.05, 0.1) is 3.79 Å². The van der Waals surface area contributed by atoms with E-state index in [2.05, 4.69) is 26.1 Å². The minimum Gasteiger partial charge on any atom is -0.315 e. The molecule has 0 aliphatic carbocycles. The fourth-order valence-electron chi connectivity index (χ4n) is 2.53. The van der Waals surface area contributed by atoms with Crippen LogP contribution >= 0.6 is 27.3 Å². The monoisotopic (exact) mass is 395 g/mol. The standard InChI is InChI=1S/C13H22BrN3O2S2/c1-15-8-11-7-12(13(14)20-11)21(18,19)17-6-4-5-10(9-17)16(2)3/h7,10,15H,4-6,8-9H2,1-3H3. The molecule has 1 aromatic rings. The lowest BCUT2D eigenvalue weighted by molar-refractivity contribution is 0.190. The molecule has 0 spiro atoms. The average molecular weight is 396 g/mol. The fourth-order valence-corrected chi connectivity index (χ4v) is 6.70. The highest BCUT2D eigenvalue weighted by Gasteiger charge is 2.33. The highest BCUT2D eigenvalue weighted by molar-refractivity contribution is 9.11. The smallest absolute Gasteiger partial charge is 0.245 e. The van der Waals surface area contributed by atoms with Gasteiger partial charge in [0.25, 0.3) is 0 Å². The molecule has 1 aromatic heterocycles. The van der Waals surface area contributed by atoms with Crippen LogP contribution in [0.1, 0.15) is 17.7 Å². The van der Waals surface area contributed by atoms with E-state index in [1.807, 2.05) is 21.1 Å². The van der Waals surface area contributed by atoms with Crippen LogP contribution in [-0.4, -0.2) is 57.9 Å². The van der Waals surface area contributed by atoms with Gasteiger partial charge in [-0.2, -0.15) is 4.31 Å². The Morgan fingerprint density at radius 2 is 2.24 bits per heavy atom. The molecule has 2 rings (SSSR count). The van der Waals surface area contributed by atoms with Gasteiger partial charge >= 0.3 is 0 Å². The summed E-state index contributed by atoms with van der Waals surface area (Å²) in [5.74, 6) is 0. The minimum atomic E-state index is -3.41. The third-order valence-electron chi connectivity index (χ3n) is 3.76. The van der Waals surface area contributed by atoms with Crippen LogP contribution in [0.15, 0.2) is 14.7 Å². The topological polar surface area (TPSA) is 52.7 Å². The summed E-state index contributed by atoms with van der Waals surface area (Å²) in [6, 6.07) is 2.07. The van der Waals surface area contributed by atoms with Crippen molar-refractivity contribution in [3.63, 3.8) is 0 Å². The van der Waals surface area contributed by atoms with Gasteiger partial charge in [-0.25, -0.2) is 8.42 Å². The lowest BCUT2D eigenvalue weighted by Gasteiger charge is -2.35. The van der Waals surface area contributed by atoms with Crippen LogP contribution in [-0.2, 0) is 16.6 Å². The van der Waals surface area contributed by atoms with Gasteiger partial charge in [-0.05, 0) is 56.0 Å². The molecule has 1 N–H and O–H groups in total. The Bertz CT molecular complexity index is 586. The molecule has 0 radical (unpaired) electrons. The third-order valence-corrected chi connectivity index (χ3v) is 7.88. The van der Waals surface area contributed by atoms with Crippen molar-refractivity contribution in [1.29, 1.82) is 0 Å². The van der Waals surface area contributed by atoms with E-state index < -0.39 is 10.0 Å². The first-order chi connectivity index (χ1) is 9.86. The number of thiophene rings is 1. The van der Waals surface area contributed by atoms with Crippen LogP contribution in [0.5, 0.6) is 0 Å². The van der Waals surface area contributed by atoms with Crippen molar-refractivity contribution in [3.05, 3.63) is 14.7 Å². The Hall–Kier alpha value is 0.01000. The van der Waals surface area contributed by atoms with Gasteiger partial charge in [-0.15, -0.1) is 11.3 Å². The number of sulfonamides is 1. The summed E-state index contributed by atoms with van der Waals surface area (Å²) in [6.07, 6.45) is 1.96. The summed E-state index contributed by atoms with van der Waals surface area (Å²) < 4.78 is 28.0. The van der Waals surface area contributed by atoms with Gasteiger partial charge in [-0.1, -0.05) is 0 Å². The van der Waals surface area contributed by atoms with Crippen LogP contribution < -0.4 is 5.32 Å². The quantitative estimate of drug-likeness (QED) is 0.827. The summed E-state index contributed by atoms with van der Waals surface area (Å²) in [5.41, 5.74) is 0. The zero-order valence-corrected chi connectivity index (χ0v) is 15.8.